The summed E-state index contributed by atoms with van der Waals surface area (Å²) in [5.74, 6) is 1.46. The molecule has 3 heteroatoms. The van der Waals surface area contributed by atoms with E-state index in [1.807, 2.05) is 0 Å². The van der Waals surface area contributed by atoms with E-state index in [1.165, 1.54) is 0 Å². The summed E-state index contributed by atoms with van der Waals surface area (Å²) in [6, 6.07) is 13.7. The van der Waals surface area contributed by atoms with E-state index in [4.69, 9.17) is 16.3 Å². The summed E-state index contributed by atoms with van der Waals surface area (Å²) >= 11 is 5.74. The van der Waals surface area contributed by atoms with Gasteiger partial charge in [-0.2, -0.15) is 0 Å². The molecule has 76 valence electrons. The fraction of sp³-hybridized carbons (Fsp3) is 0. The van der Waals surface area contributed by atoms with Crippen LogP contribution in [0, 0.1) is 0 Å². The van der Waals surface area contributed by atoms with Gasteiger partial charge in [-0.15, -0.1) is 0 Å². The predicted molar refractivity (Wildman–Crippen MR) is 59.6 cm³/mol. The zero-order valence-corrected chi connectivity index (χ0v) is 8.61. The Hall–Kier alpha value is -1.67. The molecule has 0 radical (unpaired) electrons. The Labute approximate surface area is 92.7 Å². The van der Waals surface area contributed by atoms with Crippen LogP contribution in [0.5, 0.6) is 17.2 Å². The summed E-state index contributed by atoms with van der Waals surface area (Å²) in [5.41, 5.74) is 0. The van der Waals surface area contributed by atoms with Crippen molar-refractivity contribution >= 4 is 11.6 Å². The standard InChI is InChI=1S/C12H9ClO2/c13-9-4-6-11(7-5-9)15-12-3-1-2-10(14)8-12/h1-8,14H. The highest BCUT2D eigenvalue weighted by Crippen LogP contribution is 2.25. The zero-order chi connectivity index (χ0) is 10.7. The molecule has 0 aliphatic heterocycles. The van der Waals surface area contributed by atoms with Gasteiger partial charge in [-0.1, -0.05) is 17.7 Å². The summed E-state index contributed by atoms with van der Waals surface area (Å²) in [4.78, 5) is 0. The summed E-state index contributed by atoms with van der Waals surface area (Å²) in [6.07, 6.45) is 0. The average molecular weight is 221 g/mol. The predicted octanol–water partition coefficient (Wildman–Crippen LogP) is 3.84. The third kappa shape index (κ3) is 2.64. The molecule has 0 atom stereocenters. The average Bonchev–Trinajstić information content (AvgIpc) is 2.22. The minimum absolute atomic E-state index is 0.182. The van der Waals surface area contributed by atoms with Crippen LogP contribution in [0.25, 0.3) is 0 Å². The molecular formula is C12H9ClO2. The smallest absolute Gasteiger partial charge is 0.131 e. The van der Waals surface area contributed by atoms with Crippen LogP contribution in [0.1, 0.15) is 0 Å². The molecule has 0 unspecified atom stereocenters. The quantitative estimate of drug-likeness (QED) is 0.833. The Kier molecular flexibility index (Phi) is 2.79. The van der Waals surface area contributed by atoms with Gasteiger partial charge in [0, 0.05) is 11.1 Å². The normalized spacial score (nSPS) is 9.93. The molecule has 0 saturated carbocycles. The second-order valence-electron chi connectivity index (χ2n) is 3.05. The molecule has 15 heavy (non-hydrogen) atoms. The van der Waals surface area contributed by atoms with Gasteiger partial charge < -0.3 is 9.84 Å². The van der Waals surface area contributed by atoms with Crippen LogP contribution in [-0.2, 0) is 0 Å². The fourth-order valence-electron chi connectivity index (χ4n) is 1.19. The third-order valence-corrected chi connectivity index (χ3v) is 2.12. The highest BCUT2D eigenvalue weighted by atomic mass is 35.5. The Bertz CT molecular complexity index is 451. The molecule has 0 aromatic heterocycles. The molecule has 1 N–H and O–H groups in total. The molecule has 0 aliphatic carbocycles. The maximum absolute atomic E-state index is 9.23. The second kappa shape index (κ2) is 4.24. The molecule has 0 amide bonds. The second-order valence-corrected chi connectivity index (χ2v) is 3.49. The molecule has 0 saturated heterocycles. The Morgan fingerprint density at radius 3 is 2.33 bits per heavy atom. The largest absolute Gasteiger partial charge is 0.508 e. The van der Waals surface area contributed by atoms with Crippen molar-refractivity contribution in [3.63, 3.8) is 0 Å². The SMILES string of the molecule is Oc1cccc(Oc2ccc(Cl)cc2)c1. The number of phenolic OH excluding ortho intramolecular Hbond substituents is 1. The molecular weight excluding hydrogens is 212 g/mol. The van der Waals surface area contributed by atoms with Crippen LogP contribution in [0.15, 0.2) is 48.5 Å². The van der Waals surface area contributed by atoms with Crippen molar-refractivity contribution in [2.75, 3.05) is 0 Å². The number of hydrogen-bond acceptors (Lipinski definition) is 2. The molecule has 0 aliphatic rings. The number of phenols is 1. The van der Waals surface area contributed by atoms with Gasteiger partial charge in [-0.3, -0.25) is 0 Å². The van der Waals surface area contributed by atoms with Crippen molar-refractivity contribution < 1.29 is 9.84 Å². The van der Waals surface area contributed by atoms with Crippen LogP contribution >= 0.6 is 11.6 Å². The highest BCUT2D eigenvalue weighted by Gasteiger charge is 1.97. The van der Waals surface area contributed by atoms with Crippen LogP contribution in [0.2, 0.25) is 5.02 Å². The molecule has 2 rings (SSSR count). The molecule has 2 nitrogen and oxygen atoms in total. The van der Waals surface area contributed by atoms with Crippen molar-refractivity contribution in [2.24, 2.45) is 0 Å². The molecule has 0 fully saturated rings. The fourth-order valence-corrected chi connectivity index (χ4v) is 1.31. The maximum Gasteiger partial charge on any atom is 0.131 e. The number of aromatic hydroxyl groups is 1. The molecule has 2 aromatic carbocycles. The van der Waals surface area contributed by atoms with Crippen LogP contribution < -0.4 is 4.74 Å². The van der Waals surface area contributed by atoms with E-state index < -0.39 is 0 Å². The van der Waals surface area contributed by atoms with Crippen molar-refractivity contribution in [1.29, 1.82) is 0 Å². The van der Waals surface area contributed by atoms with Gasteiger partial charge in [-0.25, -0.2) is 0 Å². The number of hydrogen-bond donors (Lipinski definition) is 1. The maximum atomic E-state index is 9.23. The van der Waals surface area contributed by atoms with Crippen LogP contribution in [-0.4, -0.2) is 5.11 Å². The number of benzene rings is 2. The Morgan fingerprint density at radius 1 is 0.933 bits per heavy atom. The van der Waals surface area contributed by atoms with Crippen molar-refractivity contribution in [3.8, 4) is 17.2 Å². The summed E-state index contributed by atoms with van der Waals surface area (Å²) in [7, 11) is 0. The minimum Gasteiger partial charge on any atom is -0.508 e. The van der Waals surface area contributed by atoms with Gasteiger partial charge in [0.25, 0.3) is 0 Å². The summed E-state index contributed by atoms with van der Waals surface area (Å²) < 4.78 is 5.50. The van der Waals surface area contributed by atoms with Gasteiger partial charge >= 0.3 is 0 Å². The van der Waals surface area contributed by atoms with Crippen molar-refractivity contribution in [2.45, 2.75) is 0 Å². The van der Waals surface area contributed by atoms with E-state index in [1.54, 1.807) is 48.5 Å². The lowest BCUT2D eigenvalue weighted by Gasteiger charge is -2.05. The first-order valence-corrected chi connectivity index (χ1v) is 4.84. The lowest BCUT2D eigenvalue weighted by atomic mass is 10.3. The minimum atomic E-state index is 0.182. The van der Waals surface area contributed by atoms with E-state index in [0.717, 1.165) is 0 Å². The monoisotopic (exact) mass is 220 g/mol. The van der Waals surface area contributed by atoms with E-state index in [9.17, 15) is 5.11 Å². The Morgan fingerprint density at radius 2 is 1.67 bits per heavy atom. The lowest BCUT2D eigenvalue weighted by molar-refractivity contribution is 0.455. The molecule has 0 spiro atoms. The van der Waals surface area contributed by atoms with Gasteiger partial charge in [0.05, 0.1) is 0 Å². The van der Waals surface area contributed by atoms with Gasteiger partial charge in [0.1, 0.15) is 17.2 Å². The summed E-state index contributed by atoms with van der Waals surface area (Å²) in [5, 5.41) is 9.90. The Balaban J connectivity index is 2.18. The molecule has 0 bridgehead atoms. The van der Waals surface area contributed by atoms with E-state index in [-0.39, 0.29) is 5.75 Å². The number of ether oxygens (including phenoxy) is 1. The molecule has 0 heterocycles. The van der Waals surface area contributed by atoms with Gasteiger partial charge in [0.2, 0.25) is 0 Å². The van der Waals surface area contributed by atoms with Gasteiger partial charge in [0.15, 0.2) is 0 Å². The van der Waals surface area contributed by atoms with Crippen molar-refractivity contribution in [3.05, 3.63) is 53.6 Å². The number of rotatable bonds is 2. The van der Waals surface area contributed by atoms with Crippen LogP contribution in [0.3, 0.4) is 0 Å². The van der Waals surface area contributed by atoms with E-state index in [0.29, 0.717) is 16.5 Å². The van der Waals surface area contributed by atoms with E-state index >= 15 is 0 Å². The first-order chi connectivity index (χ1) is 7.24. The lowest BCUT2D eigenvalue weighted by Crippen LogP contribution is -1.82. The summed E-state index contributed by atoms with van der Waals surface area (Å²) in [6.45, 7) is 0. The van der Waals surface area contributed by atoms with Crippen molar-refractivity contribution in [1.82, 2.24) is 0 Å². The topological polar surface area (TPSA) is 29.5 Å². The highest BCUT2D eigenvalue weighted by molar-refractivity contribution is 6.30. The van der Waals surface area contributed by atoms with E-state index in [2.05, 4.69) is 0 Å². The zero-order valence-electron chi connectivity index (χ0n) is 7.85. The first-order valence-electron chi connectivity index (χ1n) is 4.46. The van der Waals surface area contributed by atoms with Crippen LogP contribution in [0.4, 0.5) is 0 Å². The first kappa shape index (κ1) is 9.87. The van der Waals surface area contributed by atoms with Gasteiger partial charge in [-0.05, 0) is 36.4 Å². The number of halogens is 1. The third-order valence-electron chi connectivity index (χ3n) is 1.87. The molecule has 2 aromatic rings.